The molecule has 7 heteroatoms. The van der Waals surface area contributed by atoms with Crippen LogP contribution in [0.3, 0.4) is 0 Å². The second-order valence-corrected chi connectivity index (χ2v) is 9.90. The van der Waals surface area contributed by atoms with Gasteiger partial charge in [0.05, 0.1) is 10.6 Å². The van der Waals surface area contributed by atoms with Crippen LogP contribution in [0.1, 0.15) is 51.3 Å². The van der Waals surface area contributed by atoms with Gasteiger partial charge in [0.25, 0.3) is 0 Å². The highest BCUT2D eigenvalue weighted by molar-refractivity contribution is 7.16. The summed E-state index contributed by atoms with van der Waals surface area (Å²) in [4.78, 5) is 17.9. The number of hydrogen-bond acceptors (Lipinski definition) is 6. The number of aromatic nitrogens is 1. The summed E-state index contributed by atoms with van der Waals surface area (Å²) in [5, 5.41) is 7.51. The minimum atomic E-state index is -0.454. The smallest absolute Gasteiger partial charge is 0.407 e. The average molecular weight is 416 g/mol. The van der Waals surface area contributed by atoms with E-state index in [1.807, 2.05) is 39.0 Å². The minimum Gasteiger partial charge on any atom is -0.487 e. The number of benzene rings is 1. The largest absolute Gasteiger partial charge is 0.487 e. The van der Waals surface area contributed by atoms with Gasteiger partial charge in [-0.25, -0.2) is 9.78 Å². The number of thiazole rings is 1. The van der Waals surface area contributed by atoms with Gasteiger partial charge in [0.1, 0.15) is 18.0 Å². The predicted octanol–water partition coefficient (Wildman–Crippen LogP) is 5.20. The van der Waals surface area contributed by atoms with Crippen molar-refractivity contribution < 1.29 is 14.3 Å². The van der Waals surface area contributed by atoms with Crippen molar-refractivity contribution in [2.24, 2.45) is 5.92 Å². The van der Waals surface area contributed by atoms with Crippen LogP contribution in [0.5, 0.6) is 5.75 Å². The van der Waals surface area contributed by atoms with Gasteiger partial charge in [0.2, 0.25) is 0 Å². The number of carbonyl (C=O) groups is 1. The van der Waals surface area contributed by atoms with Gasteiger partial charge < -0.3 is 20.1 Å². The van der Waals surface area contributed by atoms with Crippen LogP contribution in [-0.2, 0) is 11.3 Å². The first-order valence-corrected chi connectivity index (χ1v) is 11.1. The normalized spacial score (nSPS) is 20.8. The van der Waals surface area contributed by atoms with Crippen molar-refractivity contribution in [3.8, 4) is 17.0 Å². The molecule has 2 N–H and O–H groups in total. The summed E-state index contributed by atoms with van der Waals surface area (Å²) in [6.45, 7) is 6.91. The molecule has 1 saturated carbocycles. The summed E-state index contributed by atoms with van der Waals surface area (Å²) in [5.41, 5.74) is 1.67. The van der Waals surface area contributed by atoms with E-state index in [9.17, 15) is 4.79 Å². The maximum absolute atomic E-state index is 11.8. The van der Waals surface area contributed by atoms with Crippen LogP contribution in [0.4, 0.5) is 9.93 Å². The maximum Gasteiger partial charge on any atom is 0.407 e. The van der Waals surface area contributed by atoms with E-state index in [1.165, 1.54) is 4.88 Å². The number of nitrogens with zero attached hydrogens (tertiary/aromatic N) is 1. The van der Waals surface area contributed by atoms with Gasteiger partial charge >= 0.3 is 6.09 Å². The third-order valence-corrected chi connectivity index (χ3v) is 6.27. The zero-order valence-electron chi connectivity index (χ0n) is 17.3. The lowest BCUT2D eigenvalue weighted by atomic mass is 9.86. The Bertz CT molecular complexity index is 866. The fourth-order valence-electron chi connectivity index (χ4n) is 3.88. The lowest BCUT2D eigenvalue weighted by Gasteiger charge is -2.29. The van der Waals surface area contributed by atoms with Crippen LogP contribution in [-0.4, -0.2) is 29.3 Å². The highest BCUT2D eigenvalue weighted by atomic mass is 32.1. The monoisotopic (exact) mass is 415 g/mol. The molecule has 2 heterocycles. The average Bonchev–Trinajstić information content (AvgIpc) is 3.09. The Balaban J connectivity index is 1.27. The first-order chi connectivity index (χ1) is 13.9. The van der Waals surface area contributed by atoms with Crippen molar-refractivity contribution in [3.63, 3.8) is 0 Å². The Kier molecular flexibility index (Phi) is 5.67. The molecule has 1 fully saturated rings. The highest BCUT2D eigenvalue weighted by Gasteiger charge is 2.26. The number of ether oxygens (including phenoxy) is 2. The van der Waals surface area contributed by atoms with Crippen molar-refractivity contribution in [1.29, 1.82) is 0 Å². The van der Waals surface area contributed by atoms with Gasteiger partial charge in [-0.2, -0.15) is 0 Å². The van der Waals surface area contributed by atoms with Crippen LogP contribution < -0.4 is 15.4 Å². The molecule has 1 aliphatic heterocycles. The Morgan fingerprint density at radius 1 is 1.24 bits per heavy atom. The van der Waals surface area contributed by atoms with Gasteiger partial charge in [-0.05, 0) is 64.5 Å². The molecule has 0 spiro atoms. The molecule has 2 aromatic rings. The second-order valence-electron chi connectivity index (χ2n) is 8.82. The topological polar surface area (TPSA) is 72.5 Å². The first kappa shape index (κ1) is 20.0. The van der Waals surface area contributed by atoms with E-state index in [-0.39, 0.29) is 6.09 Å². The van der Waals surface area contributed by atoms with E-state index in [0.717, 1.165) is 47.8 Å². The summed E-state index contributed by atoms with van der Waals surface area (Å²) in [6.07, 6.45) is 4.01. The van der Waals surface area contributed by atoms with Crippen molar-refractivity contribution >= 4 is 22.6 Å². The van der Waals surface area contributed by atoms with Gasteiger partial charge in [-0.1, -0.05) is 23.5 Å². The molecule has 2 aliphatic rings. The predicted molar refractivity (Wildman–Crippen MR) is 115 cm³/mol. The molecule has 1 aromatic carbocycles. The van der Waals surface area contributed by atoms with E-state index >= 15 is 0 Å². The number of anilines is 1. The lowest BCUT2D eigenvalue weighted by molar-refractivity contribution is 0.0515. The molecule has 29 heavy (non-hydrogen) atoms. The van der Waals surface area contributed by atoms with Crippen LogP contribution in [0.2, 0.25) is 0 Å². The molecule has 0 unspecified atom stereocenters. The Morgan fingerprint density at radius 3 is 2.76 bits per heavy atom. The summed E-state index contributed by atoms with van der Waals surface area (Å²) in [6, 6.07) is 8.51. The second kappa shape index (κ2) is 8.22. The van der Waals surface area contributed by atoms with Crippen molar-refractivity contribution in [2.45, 2.75) is 64.7 Å². The van der Waals surface area contributed by atoms with E-state index in [2.05, 4.69) is 16.7 Å². The van der Waals surface area contributed by atoms with E-state index in [1.54, 1.807) is 11.3 Å². The van der Waals surface area contributed by atoms with Gasteiger partial charge in [-0.15, -0.1) is 0 Å². The van der Waals surface area contributed by atoms with Crippen molar-refractivity contribution in [3.05, 3.63) is 29.1 Å². The molecular weight excluding hydrogens is 386 g/mol. The Labute approximate surface area is 176 Å². The molecule has 0 bridgehead atoms. The van der Waals surface area contributed by atoms with Crippen LogP contribution >= 0.6 is 11.3 Å². The minimum absolute atomic E-state index is 0.325. The number of fused-ring (bicyclic) bond motifs is 3. The number of nitrogens with one attached hydrogen (secondary N) is 2. The number of rotatable bonds is 4. The zero-order chi connectivity index (χ0) is 20.4. The summed E-state index contributed by atoms with van der Waals surface area (Å²) < 4.78 is 11.2. The summed E-state index contributed by atoms with van der Waals surface area (Å²) in [5.74, 6) is 1.42. The number of para-hydroxylation sites is 1. The van der Waals surface area contributed by atoms with Crippen LogP contribution in [0, 0.1) is 5.92 Å². The lowest BCUT2D eigenvalue weighted by Crippen LogP contribution is -2.37. The third kappa shape index (κ3) is 5.01. The molecule has 0 atom stereocenters. The molecule has 6 nitrogen and oxygen atoms in total. The first-order valence-electron chi connectivity index (χ1n) is 10.3. The van der Waals surface area contributed by atoms with Crippen LogP contribution in [0.25, 0.3) is 11.3 Å². The van der Waals surface area contributed by atoms with E-state index < -0.39 is 5.60 Å². The Hall–Kier alpha value is -2.28. The van der Waals surface area contributed by atoms with Gasteiger partial charge in [0, 0.05) is 18.2 Å². The van der Waals surface area contributed by atoms with Crippen molar-refractivity contribution in [1.82, 2.24) is 10.3 Å². The highest BCUT2D eigenvalue weighted by Crippen LogP contribution is 2.41. The van der Waals surface area contributed by atoms with E-state index in [4.69, 9.17) is 14.5 Å². The molecule has 1 amide bonds. The van der Waals surface area contributed by atoms with Crippen LogP contribution in [0.15, 0.2) is 24.3 Å². The van der Waals surface area contributed by atoms with Gasteiger partial charge in [0.15, 0.2) is 5.13 Å². The standard InChI is InChI=1S/C22H29N3O3S/c1-22(2,3)28-21(26)23-12-14-8-10-15(11-9-14)24-20-25-19-16-6-4-5-7-17(16)27-13-18(19)29-20/h4-7,14-15H,8-13H2,1-3H3,(H,23,26)(H,24,25). The number of alkyl carbamates (subject to hydrolysis) is 1. The SMILES string of the molecule is CC(C)(C)OC(=O)NCC1CCC(Nc2nc3c(s2)COc2ccccc2-3)CC1. The number of carbonyl (C=O) groups excluding carboxylic acids is 1. The zero-order valence-corrected chi connectivity index (χ0v) is 18.1. The molecule has 0 radical (unpaired) electrons. The quantitative estimate of drug-likeness (QED) is 0.718. The molecule has 1 aromatic heterocycles. The molecule has 0 saturated heterocycles. The third-order valence-electron chi connectivity index (χ3n) is 5.31. The van der Waals surface area contributed by atoms with Gasteiger partial charge in [-0.3, -0.25) is 0 Å². The number of amides is 1. The fraction of sp³-hybridized carbons (Fsp3) is 0.545. The molecule has 1 aliphatic carbocycles. The Morgan fingerprint density at radius 2 is 2.00 bits per heavy atom. The number of hydrogen-bond donors (Lipinski definition) is 2. The summed E-state index contributed by atoms with van der Waals surface area (Å²) in [7, 11) is 0. The van der Waals surface area contributed by atoms with Crippen molar-refractivity contribution in [2.75, 3.05) is 11.9 Å². The molecular formula is C22H29N3O3S. The maximum atomic E-state index is 11.8. The molecule has 156 valence electrons. The molecule has 4 rings (SSSR count). The fourth-order valence-corrected chi connectivity index (χ4v) is 4.85. The summed E-state index contributed by atoms with van der Waals surface area (Å²) >= 11 is 1.69. The van der Waals surface area contributed by atoms with E-state index in [0.29, 0.717) is 25.1 Å².